The van der Waals surface area contributed by atoms with Gasteiger partial charge in [0, 0.05) is 13.1 Å². The fourth-order valence-electron chi connectivity index (χ4n) is 2.23. The summed E-state index contributed by atoms with van der Waals surface area (Å²) in [6, 6.07) is 16.5. The normalized spacial score (nSPS) is 10.4. The lowest BCUT2D eigenvalue weighted by atomic mass is 10.1. The summed E-state index contributed by atoms with van der Waals surface area (Å²) in [5.74, 6) is 0.854. The molecule has 0 atom stereocenters. The number of hydrogen-bond acceptors (Lipinski definition) is 5. The van der Waals surface area contributed by atoms with E-state index in [0.717, 1.165) is 18.5 Å². The monoisotopic (exact) mass is 323 g/mol. The number of anilines is 2. The summed E-state index contributed by atoms with van der Waals surface area (Å²) in [5.41, 5.74) is 2.21. The van der Waals surface area contributed by atoms with Crippen molar-refractivity contribution in [2.24, 2.45) is 0 Å². The Morgan fingerprint density at radius 3 is 2.46 bits per heavy atom. The predicted molar refractivity (Wildman–Crippen MR) is 92.2 cm³/mol. The van der Waals surface area contributed by atoms with Crippen LogP contribution < -0.4 is 10.6 Å². The Morgan fingerprint density at radius 2 is 1.67 bits per heavy atom. The van der Waals surface area contributed by atoms with Crippen molar-refractivity contribution in [1.82, 2.24) is 15.2 Å². The van der Waals surface area contributed by atoms with Crippen LogP contribution in [0.25, 0.3) is 0 Å². The number of aromatic nitrogens is 3. The highest BCUT2D eigenvalue weighted by Crippen LogP contribution is 2.08. The van der Waals surface area contributed by atoms with E-state index in [1.54, 1.807) is 18.3 Å². The molecule has 1 aromatic heterocycles. The Morgan fingerprint density at radius 1 is 0.875 bits per heavy atom. The minimum absolute atomic E-state index is 0.249. The van der Waals surface area contributed by atoms with Crippen LogP contribution >= 0.6 is 0 Å². The van der Waals surface area contributed by atoms with E-state index in [1.807, 2.05) is 18.2 Å². The second-order valence-electron chi connectivity index (χ2n) is 5.31. The highest BCUT2D eigenvalue weighted by Gasteiger charge is 2.01. The van der Waals surface area contributed by atoms with Crippen LogP contribution in [0.5, 0.6) is 0 Å². The van der Waals surface area contributed by atoms with Crippen LogP contribution in [0, 0.1) is 5.82 Å². The Balaban J connectivity index is 1.51. The van der Waals surface area contributed by atoms with E-state index in [9.17, 15) is 4.39 Å². The summed E-state index contributed by atoms with van der Waals surface area (Å²) >= 11 is 0. The molecule has 0 saturated carbocycles. The molecule has 1 heterocycles. The zero-order valence-electron chi connectivity index (χ0n) is 13.1. The van der Waals surface area contributed by atoms with Crippen LogP contribution in [-0.2, 0) is 13.0 Å². The molecule has 0 aliphatic rings. The molecule has 2 N–H and O–H groups in total. The zero-order valence-corrected chi connectivity index (χ0v) is 13.1. The van der Waals surface area contributed by atoms with E-state index >= 15 is 0 Å². The molecule has 2 aromatic carbocycles. The van der Waals surface area contributed by atoms with Crippen molar-refractivity contribution in [3.05, 3.63) is 77.7 Å². The van der Waals surface area contributed by atoms with E-state index < -0.39 is 0 Å². The van der Waals surface area contributed by atoms with Gasteiger partial charge in [0.25, 0.3) is 0 Å². The molecule has 3 aromatic rings. The molecule has 0 fully saturated rings. The van der Waals surface area contributed by atoms with Crippen molar-refractivity contribution in [2.75, 3.05) is 17.2 Å². The smallest absolute Gasteiger partial charge is 0.244 e. The number of rotatable bonds is 7. The third kappa shape index (κ3) is 4.74. The molecule has 0 radical (unpaired) electrons. The molecule has 0 aliphatic carbocycles. The molecule has 0 amide bonds. The van der Waals surface area contributed by atoms with Gasteiger partial charge in [0.2, 0.25) is 5.95 Å². The Hall–Kier alpha value is -3.02. The van der Waals surface area contributed by atoms with E-state index in [4.69, 9.17) is 0 Å². The van der Waals surface area contributed by atoms with Crippen LogP contribution in [-0.4, -0.2) is 21.7 Å². The van der Waals surface area contributed by atoms with E-state index in [2.05, 4.69) is 37.9 Å². The summed E-state index contributed by atoms with van der Waals surface area (Å²) in [6.45, 7) is 1.27. The minimum atomic E-state index is -0.249. The van der Waals surface area contributed by atoms with Gasteiger partial charge >= 0.3 is 0 Å². The summed E-state index contributed by atoms with van der Waals surface area (Å²) in [6.07, 6.45) is 2.50. The van der Waals surface area contributed by atoms with Crippen LogP contribution in [0.15, 0.2) is 60.8 Å². The maximum absolute atomic E-state index is 12.9. The number of benzene rings is 2. The van der Waals surface area contributed by atoms with Gasteiger partial charge < -0.3 is 10.6 Å². The number of hydrogen-bond donors (Lipinski definition) is 2. The van der Waals surface area contributed by atoms with Gasteiger partial charge in [-0.15, -0.1) is 5.10 Å². The SMILES string of the molecule is Fc1ccc(CNc2nncc(NCCc3ccccc3)n2)cc1. The minimum Gasteiger partial charge on any atom is -0.368 e. The van der Waals surface area contributed by atoms with Gasteiger partial charge in [-0.3, -0.25) is 0 Å². The van der Waals surface area contributed by atoms with Crippen molar-refractivity contribution in [2.45, 2.75) is 13.0 Å². The fraction of sp³-hybridized carbons (Fsp3) is 0.167. The van der Waals surface area contributed by atoms with E-state index in [0.29, 0.717) is 18.3 Å². The lowest BCUT2D eigenvalue weighted by Gasteiger charge is -2.08. The Labute approximate surface area is 140 Å². The van der Waals surface area contributed by atoms with Gasteiger partial charge in [0.1, 0.15) is 5.82 Å². The van der Waals surface area contributed by atoms with Gasteiger partial charge in [0.05, 0.1) is 6.20 Å². The second kappa shape index (κ2) is 8.01. The number of nitrogens with one attached hydrogen (secondary N) is 2. The maximum Gasteiger partial charge on any atom is 0.244 e. The van der Waals surface area contributed by atoms with Gasteiger partial charge in [-0.1, -0.05) is 42.5 Å². The first kappa shape index (κ1) is 15.9. The topological polar surface area (TPSA) is 62.7 Å². The molecule has 0 unspecified atom stereocenters. The second-order valence-corrected chi connectivity index (χ2v) is 5.31. The number of nitrogens with zero attached hydrogens (tertiary/aromatic N) is 3. The van der Waals surface area contributed by atoms with E-state index in [-0.39, 0.29) is 5.82 Å². The van der Waals surface area contributed by atoms with Gasteiger partial charge in [-0.2, -0.15) is 10.1 Å². The van der Waals surface area contributed by atoms with Gasteiger partial charge in [-0.05, 0) is 29.7 Å². The molecule has 0 bridgehead atoms. The summed E-state index contributed by atoms with van der Waals surface area (Å²) in [5, 5.41) is 14.2. The molecule has 3 rings (SSSR count). The first-order valence-corrected chi connectivity index (χ1v) is 7.75. The molecule has 24 heavy (non-hydrogen) atoms. The standard InChI is InChI=1S/C18H18FN5/c19-16-8-6-15(7-9-16)12-21-18-23-17(13-22-24-18)20-11-10-14-4-2-1-3-5-14/h1-9,13H,10-12H2,(H2,20,21,23,24). The molecular formula is C18H18FN5. The third-order valence-electron chi connectivity index (χ3n) is 3.49. The molecule has 0 spiro atoms. The number of halogens is 1. The van der Waals surface area contributed by atoms with Crippen molar-refractivity contribution >= 4 is 11.8 Å². The molecule has 122 valence electrons. The van der Waals surface area contributed by atoms with Crippen LogP contribution in [0.4, 0.5) is 16.2 Å². The van der Waals surface area contributed by atoms with Crippen molar-refractivity contribution in [3.63, 3.8) is 0 Å². The maximum atomic E-state index is 12.9. The fourth-order valence-corrected chi connectivity index (χ4v) is 2.23. The first-order valence-electron chi connectivity index (χ1n) is 7.75. The quantitative estimate of drug-likeness (QED) is 0.699. The van der Waals surface area contributed by atoms with Crippen LogP contribution in [0.3, 0.4) is 0 Å². The van der Waals surface area contributed by atoms with Crippen LogP contribution in [0.2, 0.25) is 0 Å². The van der Waals surface area contributed by atoms with Crippen molar-refractivity contribution in [3.8, 4) is 0 Å². The molecule has 0 saturated heterocycles. The summed E-state index contributed by atoms with van der Waals surface area (Å²) in [4.78, 5) is 4.37. The van der Waals surface area contributed by atoms with E-state index in [1.165, 1.54) is 17.7 Å². The Bertz CT molecular complexity index is 762. The molecule has 6 heteroatoms. The largest absolute Gasteiger partial charge is 0.368 e. The van der Waals surface area contributed by atoms with Crippen LogP contribution in [0.1, 0.15) is 11.1 Å². The molecule has 0 aliphatic heterocycles. The van der Waals surface area contributed by atoms with Gasteiger partial charge in [0.15, 0.2) is 5.82 Å². The lowest BCUT2D eigenvalue weighted by Crippen LogP contribution is -2.10. The first-order chi connectivity index (χ1) is 11.8. The zero-order chi connectivity index (χ0) is 16.6. The van der Waals surface area contributed by atoms with Crippen molar-refractivity contribution < 1.29 is 4.39 Å². The average molecular weight is 323 g/mol. The van der Waals surface area contributed by atoms with Crippen molar-refractivity contribution in [1.29, 1.82) is 0 Å². The Kier molecular flexibility index (Phi) is 5.29. The summed E-state index contributed by atoms with van der Waals surface area (Å²) < 4.78 is 12.9. The predicted octanol–water partition coefficient (Wildman–Crippen LogP) is 3.28. The molecular weight excluding hydrogens is 305 g/mol. The third-order valence-corrected chi connectivity index (χ3v) is 3.49. The molecule has 5 nitrogen and oxygen atoms in total. The highest BCUT2D eigenvalue weighted by atomic mass is 19.1. The highest BCUT2D eigenvalue weighted by molar-refractivity contribution is 5.37. The average Bonchev–Trinajstić information content (AvgIpc) is 2.63. The lowest BCUT2D eigenvalue weighted by molar-refractivity contribution is 0.627. The van der Waals surface area contributed by atoms with Gasteiger partial charge in [-0.25, -0.2) is 4.39 Å². The summed E-state index contributed by atoms with van der Waals surface area (Å²) in [7, 11) is 0.